The van der Waals surface area contributed by atoms with Crippen LogP contribution in [0.2, 0.25) is 0 Å². The Kier molecular flexibility index (Phi) is 3.97. The molecule has 0 aliphatic heterocycles. The lowest BCUT2D eigenvalue weighted by molar-refractivity contribution is -0.122. The number of carbonyl (C=O) groups is 1. The van der Waals surface area contributed by atoms with Gasteiger partial charge in [0.15, 0.2) is 0 Å². The zero-order valence-electron chi connectivity index (χ0n) is 8.51. The molecule has 1 aliphatic rings. The SMILES string of the molecule is C#CCCC(=O)NC1(CN)CCCC1. The van der Waals surface area contributed by atoms with Gasteiger partial charge in [-0.05, 0) is 12.8 Å². The quantitative estimate of drug-likeness (QED) is 0.650. The molecule has 3 N–H and O–H groups in total. The van der Waals surface area contributed by atoms with E-state index < -0.39 is 0 Å². The molecule has 1 saturated carbocycles. The second-order valence-electron chi connectivity index (χ2n) is 3.94. The minimum Gasteiger partial charge on any atom is -0.349 e. The average Bonchev–Trinajstić information content (AvgIpc) is 2.64. The molecule has 0 bridgehead atoms. The van der Waals surface area contributed by atoms with E-state index in [9.17, 15) is 4.79 Å². The molecule has 0 spiro atoms. The second-order valence-corrected chi connectivity index (χ2v) is 3.94. The molecule has 0 saturated heterocycles. The van der Waals surface area contributed by atoms with Gasteiger partial charge in [0.2, 0.25) is 5.91 Å². The van der Waals surface area contributed by atoms with Crippen molar-refractivity contribution >= 4 is 5.91 Å². The lowest BCUT2D eigenvalue weighted by Gasteiger charge is -2.28. The molecule has 78 valence electrons. The molecule has 1 aliphatic carbocycles. The van der Waals surface area contributed by atoms with Crippen molar-refractivity contribution in [2.75, 3.05) is 6.54 Å². The summed E-state index contributed by atoms with van der Waals surface area (Å²) in [4.78, 5) is 11.5. The maximum atomic E-state index is 11.5. The van der Waals surface area contributed by atoms with E-state index in [1.165, 1.54) is 0 Å². The van der Waals surface area contributed by atoms with Gasteiger partial charge in [-0.15, -0.1) is 12.3 Å². The highest BCUT2D eigenvalue weighted by Crippen LogP contribution is 2.28. The molecular weight excluding hydrogens is 176 g/mol. The fourth-order valence-corrected chi connectivity index (χ4v) is 1.98. The molecule has 0 heterocycles. The van der Waals surface area contributed by atoms with Crippen molar-refractivity contribution in [2.24, 2.45) is 5.73 Å². The monoisotopic (exact) mass is 194 g/mol. The lowest BCUT2D eigenvalue weighted by Crippen LogP contribution is -2.51. The van der Waals surface area contributed by atoms with E-state index in [4.69, 9.17) is 12.2 Å². The largest absolute Gasteiger partial charge is 0.349 e. The van der Waals surface area contributed by atoms with Gasteiger partial charge in [0, 0.05) is 19.4 Å². The normalized spacial score (nSPS) is 18.9. The first-order valence-corrected chi connectivity index (χ1v) is 5.17. The van der Waals surface area contributed by atoms with Crippen molar-refractivity contribution < 1.29 is 4.79 Å². The Bertz CT molecular complexity index is 236. The summed E-state index contributed by atoms with van der Waals surface area (Å²) in [5.41, 5.74) is 5.56. The molecule has 0 radical (unpaired) electrons. The molecule has 0 aromatic rings. The van der Waals surface area contributed by atoms with Crippen molar-refractivity contribution in [2.45, 2.75) is 44.1 Å². The Morgan fingerprint density at radius 1 is 1.50 bits per heavy atom. The van der Waals surface area contributed by atoms with Crippen molar-refractivity contribution in [1.29, 1.82) is 0 Å². The van der Waals surface area contributed by atoms with E-state index in [-0.39, 0.29) is 11.4 Å². The van der Waals surface area contributed by atoms with Crippen molar-refractivity contribution in [3.8, 4) is 12.3 Å². The van der Waals surface area contributed by atoms with Gasteiger partial charge < -0.3 is 11.1 Å². The smallest absolute Gasteiger partial charge is 0.221 e. The number of terminal acetylenes is 1. The summed E-state index contributed by atoms with van der Waals surface area (Å²) >= 11 is 0. The number of hydrogen-bond donors (Lipinski definition) is 2. The molecule has 1 amide bonds. The van der Waals surface area contributed by atoms with E-state index in [0.717, 1.165) is 25.7 Å². The molecule has 0 unspecified atom stereocenters. The molecule has 3 heteroatoms. The summed E-state index contributed by atoms with van der Waals surface area (Å²) in [6, 6.07) is 0. The summed E-state index contributed by atoms with van der Waals surface area (Å²) in [5, 5.41) is 3.02. The summed E-state index contributed by atoms with van der Waals surface area (Å²) in [7, 11) is 0. The second kappa shape index (κ2) is 5.02. The Morgan fingerprint density at radius 3 is 2.64 bits per heavy atom. The molecule has 3 nitrogen and oxygen atoms in total. The Balaban J connectivity index is 2.40. The molecule has 0 aromatic carbocycles. The number of hydrogen-bond acceptors (Lipinski definition) is 2. The van der Waals surface area contributed by atoms with Crippen LogP contribution in [0, 0.1) is 12.3 Å². The Hall–Kier alpha value is -1.01. The van der Waals surface area contributed by atoms with Gasteiger partial charge in [-0.1, -0.05) is 12.8 Å². The maximum absolute atomic E-state index is 11.5. The number of amides is 1. The van der Waals surface area contributed by atoms with Crippen LogP contribution >= 0.6 is 0 Å². The Labute approximate surface area is 85.4 Å². The van der Waals surface area contributed by atoms with E-state index in [1.54, 1.807) is 0 Å². The average molecular weight is 194 g/mol. The minimum absolute atomic E-state index is 0.0373. The summed E-state index contributed by atoms with van der Waals surface area (Å²) in [5.74, 6) is 2.50. The number of nitrogens with two attached hydrogens (primary N) is 1. The topological polar surface area (TPSA) is 55.1 Å². The van der Waals surface area contributed by atoms with Gasteiger partial charge in [-0.2, -0.15) is 0 Å². The van der Waals surface area contributed by atoms with Crippen LogP contribution in [0.3, 0.4) is 0 Å². The van der Waals surface area contributed by atoms with Crippen molar-refractivity contribution in [1.82, 2.24) is 5.32 Å². The van der Waals surface area contributed by atoms with Crippen LogP contribution in [-0.4, -0.2) is 18.0 Å². The van der Waals surface area contributed by atoms with Gasteiger partial charge in [0.1, 0.15) is 0 Å². The predicted molar refractivity (Wildman–Crippen MR) is 56.5 cm³/mol. The molecule has 1 fully saturated rings. The van der Waals surface area contributed by atoms with Crippen LogP contribution in [0.5, 0.6) is 0 Å². The summed E-state index contributed by atoms with van der Waals surface area (Å²) < 4.78 is 0. The number of rotatable bonds is 4. The van der Waals surface area contributed by atoms with Crippen molar-refractivity contribution in [3.05, 3.63) is 0 Å². The van der Waals surface area contributed by atoms with Gasteiger partial charge in [0.05, 0.1) is 5.54 Å². The van der Waals surface area contributed by atoms with Gasteiger partial charge in [-0.3, -0.25) is 4.79 Å². The van der Waals surface area contributed by atoms with E-state index in [2.05, 4.69) is 11.2 Å². The van der Waals surface area contributed by atoms with Gasteiger partial charge in [-0.25, -0.2) is 0 Å². The molecular formula is C11H18N2O. The molecule has 1 rings (SSSR count). The van der Waals surface area contributed by atoms with Crippen molar-refractivity contribution in [3.63, 3.8) is 0 Å². The molecule has 0 atom stereocenters. The highest BCUT2D eigenvalue weighted by Gasteiger charge is 2.33. The maximum Gasteiger partial charge on any atom is 0.221 e. The first kappa shape index (κ1) is 11.1. The Morgan fingerprint density at radius 2 is 2.14 bits per heavy atom. The highest BCUT2D eigenvalue weighted by atomic mass is 16.1. The van der Waals surface area contributed by atoms with E-state index in [0.29, 0.717) is 19.4 Å². The lowest BCUT2D eigenvalue weighted by atomic mass is 9.97. The fraction of sp³-hybridized carbons (Fsp3) is 0.727. The fourth-order valence-electron chi connectivity index (χ4n) is 1.98. The van der Waals surface area contributed by atoms with E-state index in [1.807, 2.05) is 0 Å². The molecule has 14 heavy (non-hydrogen) atoms. The third-order valence-electron chi connectivity index (χ3n) is 2.85. The van der Waals surface area contributed by atoms with Crippen LogP contribution < -0.4 is 11.1 Å². The van der Waals surface area contributed by atoms with Gasteiger partial charge >= 0.3 is 0 Å². The first-order valence-electron chi connectivity index (χ1n) is 5.17. The standard InChI is InChI=1S/C11H18N2O/c1-2-3-6-10(14)13-11(9-12)7-4-5-8-11/h1H,3-9,12H2,(H,13,14). The van der Waals surface area contributed by atoms with Crippen LogP contribution in [0.15, 0.2) is 0 Å². The van der Waals surface area contributed by atoms with Crippen LogP contribution in [0.25, 0.3) is 0 Å². The zero-order valence-corrected chi connectivity index (χ0v) is 8.51. The summed E-state index contributed by atoms with van der Waals surface area (Å²) in [6.07, 6.45) is 10.3. The van der Waals surface area contributed by atoms with Gasteiger partial charge in [0.25, 0.3) is 0 Å². The molecule has 0 aromatic heterocycles. The van der Waals surface area contributed by atoms with Crippen LogP contribution in [0.4, 0.5) is 0 Å². The predicted octanol–water partition coefficient (Wildman–Crippen LogP) is 0.787. The summed E-state index contributed by atoms with van der Waals surface area (Å²) in [6.45, 7) is 0.537. The zero-order chi connectivity index (χ0) is 10.4. The van der Waals surface area contributed by atoms with E-state index >= 15 is 0 Å². The minimum atomic E-state index is -0.133. The first-order chi connectivity index (χ1) is 6.72. The third-order valence-corrected chi connectivity index (χ3v) is 2.85. The number of nitrogens with one attached hydrogen (secondary N) is 1. The van der Waals surface area contributed by atoms with Crippen LogP contribution in [-0.2, 0) is 4.79 Å². The number of carbonyl (C=O) groups excluding carboxylic acids is 1. The van der Waals surface area contributed by atoms with Crippen LogP contribution in [0.1, 0.15) is 38.5 Å². The highest BCUT2D eigenvalue weighted by molar-refractivity contribution is 5.77. The third kappa shape index (κ3) is 2.74.